The Bertz CT molecular complexity index is 1150. The van der Waals surface area contributed by atoms with Crippen molar-refractivity contribution < 1.29 is 27.5 Å². The van der Waals surface area contributed by atoms with Gasteiger partial charge >= 0.3 is 11.9 Å². The third-order valence-corrected chi connectivity index (χ3v) is 8.45. The Labute approximate surface area is 188 Å². The van der Waals surface area contributed by atoms with Gasteiger partial charge in [-0.1, -0.05) is 29.8 Å². The lowest BCUT2D eigenvalue weighted by atomic mass is 9.78. The molecule has 0 radical (unpaired) electrons. The standard InChI is InChI=1S/C24H27NO6S/c1-16-6-10-19(11-7-16)32(28,29)25-14-18-9-8-17-13-24(22(26)30-2,23(27)31-3)12-4-5-20(17)21(18)15-25/h6-11H,4-5,12-15H2,1-3H3. The normalized spacial score (nSPS) is 17.7. The average Bonchev–Trinajstić information content (AvgIpc) is 3.14. The molecule has 0 amide bonds. The Kier molecular flexibility index (Phi) is 5.85. The Balaban J connectivity index is 1.69. The van der Waals surface area contributed by atoms with E-state index in [-0.39, 0.29) is 17.9 Å². The Morgan fingerprint density at radius 2 is 1.53 bits per heavy atom. The summed E-state index contributed by atoms with van der Waals surface area (Å²) in [6, 6.07) is 10.7. The predicted octanol–water partition coefficient (Wildman–Crippen LogP) is 2.91. The third kappa shape index (κ3) is 3.61. The van der Waals surface area contributed by atoms with Crippen molar-refractivity contribution >= 4 is 22.0 Å². The fourth-order valence-corrected chi connectivity index (χ4v) is 6.25. The van der Waals surface area contributed by atoms with E-state index in [1.165, 1.54) is 18.5 Å². The Hall–Kier alpha value is -2.71. The number of ether oxygens (including phenoxy) is 2. The molecule has 1 heterocycles. The highest BCUT2D eigenvalue weighted by Gasteiger charge is 2.49. The summed E-state index contributed by atoms with van der Waals surface area (Å²) in [6.07, 6.45) is 1.76. The first kappa shape index (κ1) is 22.5. The van der Waals surface area contributed by atoms with E-state index in [9.17, 15) is 18.0 Å². The second-order valence-corrected chi connectivity index (χ2v) is 10.5. The summed E-state index contributed by atoms with van der Waals surface area (Å²) in [5.74, 6) is -1.19. The lowest BCUT2D eigenvalue weighted by Crippen LogP contribution is -2.42. The van der Waals surface area contributed by atoms with Crippen LogP contribution in [0.5, 0.6) is 0 Å². The molecule has 0 N–H and O–H groups in total. The number of carbonyl (C=O) groups excluding carboxylic acids is 2. The summed E-state index contributed by atoms with van der Waals surface area (Å²) < 4.78 is 37.9. The van der Waals surface area contributed by atoms with Crippen LogP contribution in [0.25, 0.3) is 0 Å². The number of fused-ring (bicyclic) bond motifs is 3. The van der Waals surface area contributed by atoms with E-state index in [4.69, 9.17) is 9.47 Å². The van der Waals surface area contributed by atoms with E-state index < -0.39 is 27.4 Å². The maximum Gasteiger partial charge on any atom is 0.323 e. The van der Waals surface area contributed by atoms with E-state index in [0.717, 1.165) is 27.8 Å². The number of benzene rings is 2. The molecule has 2 aromatic rings. The average molecular weight is 458 g/mol. The molecule has 0 fully saturated rings. The number of methoxy groups -OCH3 is 2. The summed E-state index contributed by atoms with van der Waals surface area (Å²) in [5.41, 5.74) is 3.45. The van der Waals surface area contributed by atoms with Gasteiger partial charge in [-0.15, -0.1) is 0 Å². The van der Waals surface area contributed by atoms with Crippen molar-refractivity contribution in [3.63, 3.8) is 0 Å². The number of aryl methyl sites for hydroxylation is 1. The van der Waals surface area contributed by atoms with E-state index in [1.54, 1.807) is 24.3 Å². The largest absolute Gasteiger partial charge is 0.468 e. The van der Waals surface area contributed by atoms with Crippen LogP contribution in [-0.2, 0) is 55.0 Å². The molecule has 32 heavy (non-hydrogen) atoms. The molecule has 4 rings (SSSR count). The first-order valence-corrected chi connectivity index (χ1v) is 12.0. The number of rotatable bonds is 4. The van der Waals surface area contributed by atoms with Gasteiger partial charge in [-0.3, -0.25) is 9.59 Å². The number of hydrogen-bond donors (Lipinski definition) is 0. The highest BCUT2D eigenvalue weighted by molar-refractivity contribution is 7.89. The van der Waals surface area contributed by atoms with Crippen molar-refractivity contribution in [2.24, 2.45) is 5.41 Å². The molecule has 7 nitrogen and oxygen atoms in total. The Morgan fingerprint density at radius 1 is 0.906 bits per heavy atom. The van der Waals surface area contributed by atoms with Gasteiger partial charge in [-0.05, 0) is 67.0 Å². The second-order valence-electron chi connectivity index (χ2n) is 8.52. The van der Waals surface area contributed by atoms with Crippen molar-refractivity contribution in [1.82, 2.24) is 4.31 Å². The molecule has 2 aliphatic rings. The fraction of sp³-hybridized carbons (Fsp3) is 0.417. The van der Waals surface area contributed by atoms with Crippen LogP contribution >= 0.6 is 0 Å². The lowest BCUT2D eigenvalue weighted by molar-refractivity contribution is -0.169. The van der Waals surface area contributed by atoms with Gasteiger partial charge in [0.25, 0.3) is 0 Å². The molecule has 0 saturated carbocycles. The molecular formula is C24H27NO6S. The summed E-state index contributed by atoms with van der Waals surface area (Å²) in [5, 5.41) is 0. The number of esters is 2. The monoisotopic (exact) mass is 457 g/mol. The molecule has 0 saturated heterocycles. The van der Waals surface area contributed by atoms with Crippen LogP contribution in [0.15, 0.2) is 41.3 Å². The molecule has 8 heteroatoms. The zero-order valence-corrected chi connectivity index (χ0v) is 19.3. The molecule has 0 bridgehead atoms. The van der Waals surface area contributed by atoms with E-state index in [2.05, 4.69) is 0 Å². The van der Waals surface area contributed by atoms with Crippen LogP contribution in [-0.4, -0.2) is 38.9 Å². The molecule has 1 aliphatic carbocycles. The minimum atomic E-state index is -3.63. The molecule has 0 aromatic heterocycles. The predicted molar refractivity (Wildman–Crippen MR) is 117 cm³/mol. The van der Waals surface area contributed by atoms with E-state index >= 15 is 0 Å². The molecular weight excluding hydrogens is 430 g/mol. The van der Waals surface area contributed by atoms with Gasteiger partial charge < -0.3 is 9.47 Å². The minimum absolute atomic E-state index is 0.180. The maximum atomic E-state index is 13.2. The molecule has 0 spiro atoms. The first-order chi connectivity index (χ1) is 15.2. The number of carbonyl (C=O) groups is 2. The minimum Gasteiger partial charge on any atom is -0.468 e. The van der Waals surface area contributed by atoms with Gasteiger partial charge in [-0.2, -0.15) is 4.31 Å². The second kappa shape index (κ2) is 8.33. The number of sulfonamides is 1. The van der Waals surface area contributed by atoms with Gasteiger partial charge in [0.1, 0.15) is 0 Å². The topological polar surface area (TPSA) is 90.0 Å². The van der Waals surface area contributed by atoms with Crippen molar-refractivity contribution in [3.05, 3.63) is 64.2 Å². The summed E-state index contributed by atoms with van der Waals surface area (Å²) in [6.45, 7) is 2.50. The number of hydrogen-bond acceptors (Lipinski definition) is 6. The zero-order valence-electron chi connectivity index (χ0n) is 18.5. The van der Waals surface area contributed by atoms with Crippen LogP contribution in [0, 0.1) is 12.3 Å². The van der Waals surface area contributed by atoms with Gasteiger partial charge in [0.2, 0.25) is 10.0 Å². The van der Waals surface area contributed by atoms with Crippen LogP contribution in [0.3, 0.4) is 0 Å². The van der Waals surface area contributed by atoms with Gasteiger partial charge in [0, 0.05) is 13.1 Å². The van der Waals surface area contributed by atoms with Gasteiger partial charge in [0.05, 0.1) is 19.1 Å². The van der Waals surface area contributed by atoms with Crippen LogP contribution < -0.4 is 0 Å². The summed E-state index contributed by atoms with van der Waals surface area (Å²) in [4.78, 5) is 25.6. The Morgan fingerprint density at radius 3 is 2.16 bits per heavy atom. The maximum absolute atomic E-state index is 13.2. The SMILES string of the molecule is COC(=O)C1(C(=O)OC)CCCc2c(ccc3c2CN(S(=O)(=O)c2ccc(C)cc2)C3)C1. The molecule has 1 aliphatic heterocycles. The molecule has 2 aromatic carbocycles. The van der Waals surface area contributed by atoms with Crippen LogP contribution in [0.2, 0.25) is 0 Å². The van der Waals surface area contributed by atoms with Gasteiger partial charge in [-0.25, -0.2) is 8.42 Å². The van der Waals surface area contributed by atoms with Crippen LogP contribution in [0.4, 0.5) is 0 Å². The lowest BCUT2D eigenvalue weighted by Gasteiger charge is -2.27. The smallest absolute Gasteiger partial charge is 0.323 e. The van der Waals surface area contributed by atoms with Crippen molar-refractivity contribution in [2.75, 3.05) is 14.2 Å². The van der Waals surface area contributed by atoms with Crippen molar-refractivity contribution in [2.45, 2.75) is 50.6 Å². The molecule has 0 atom stereocenters. The zero-order chi connectivity index (χ0) is 23.1. The summed E-state index contributed by atoms with van der Waals surface area (Å²) in [7, 11) is -1.09. The van der Waals surface area contributed by atoms with Gasteiger partial charge in [0.15, 0.2) is 5.41 Å². The van der Waals surface area contributed by atoms with Crippen molar-refractivity contribution in [3.8, 4) is 0 Å². The van der Waals surface area contributed by atoms with E-state index in [1.807, 2.05) is 19.1 Å². The third-order valence-electron chi connectivity index (χ3n) is 6.64. The van der Waals surface area contributed by atoms with Crippen LogP contribution in [0.1, 0.15) is 40.7 Å². The highest BCUT2D eigenvalue weighted by Crippen LogP contribution is 2.41. The summed E-state index contributed by atoms with van der Waals surface area (Å²) >= 11 is 0. The van der Waals surface area contributed by atoms with Crippen molar-refractivity contribution in [1.29, 1.82) is 0 Å². The fourth-order valence-electron chi connectivity index (χ4n) is 4.87. The highest BCUT2D eigenvalue weighted by atomic mass is 32.2. The molecule has 0 unspecified atom stereocenters. The first-order valence-electron chi connectivity index (χ1n) is 10.6. The van der Waals surface area contributed by atoms with E-state index in [0.29, 0.717) is 25.8 Å². The molecule has 170 valence electrons. The number of nitrogens with zero attached hydrogens (tertiary/aromatic N) is 1. The quantitative estimate of drug-likeness (QED) is 0.398.